The molecule has 1 aromatic carbocycles. The second kappa shape index (κ2) is 5.25. The summed E-state index contributed by atoms with van der Waals surface area (Å²) in [5.74, 6) is -1.22. The van der Waals surface area contributed by atoms with Crippen LogP contribution in [0, 0.1) is 5.92 Å². The zero-order valence-corrected chi connectivity index (χ0v) is 11.1. The van der Waals surface area contributed by atoms with Gasteiger partial charge in [-0.05, 0) is 42.5 Å². The number of hydrogen-bond acceptors (Lipinski definition) is 3. The van der Waals surface area contributed by atoms with Crippen molar-refractivity contribution in [2.45, 2.75) is 38.5 Å². The topological polar surface area (TPSA) is 75.6 Å². The molecular weight excluding hydrogens is 258 g/mol. The van der Waals surface area contributed by atoms with Crippen LogP contribution in [0.3, 0.4) is 0 Å². The van der Waals surface area contributed by atoms with E-state index in [9.17, 15) is 9.59 Å². The molecule has 1 amide bonds. The summed E-state index contributed by atoms with van der Waals surface area (Å²) in [4.78, 5) is 23.1. The average Bonchev–Trinajstić information content (AvgIpc) is 3.05. The molecule has 5 heteroatoms. The number of aliphatic carboxylic acids is 1. The monoisotopic (exact) mass is 275 g/mol. The first-order valence-corrected chi connectivity index (χ1v) is 6.86. The zero-order chi connectivity index (χ0) is 14.1. The van der Waals surface area contributed by atoms with E-state index < -0.39 is 5.97 Å². The molecule has 3 rings (SSSR count). The lowest BCUT2D eigenvalue weighted by atomic mass is 10.1. The van der Waals surface area contributed by atoms with E-state index in [0.717, 1.165) is 17.5 Å². The summed E-state index contributed by atoms with van der Waals surface area (Å²) < 4.78 is 5.33. The summed E-state index contributed by atoms with van der Waals surface area (Å²) in [6, 6.07) is 5.55. The van der Waals surface area contributed by atoms with Gasteiger partial charge in [-0.15, -0.1) is 0 Å². The molecular formula is C15H17NO4. The maximum Gasteiger partial charge on any atom is 0.306 e. The van der Waals surface area contributed by atoms with Crippen molar-refractivity contribution < 1.29 is 19.4 Å². The maximum atomic E-state index is 12.2. The Hall–Kier alpha value is -1.88. The Balaban J connectivity index is 1.64. The molecule has 1 heterocycles. The smallest absolute Gasteiger partial charge is 0.306 e. The van der Waals surface area contributed by atoms with E-state index in [1.165, 1.54) is 0 Å². The number of nitrogens with one attached hydrogen (secondary N) is 1. The van der Waals surface area contributed by atoms with Gasteiger partial charge in [0, 0.05) is 11.6 Å². The molecule has 2 N–H and O–H groups in total. The highest BCUT2D eigenvalue weighted by Gasteiger charge is 2.30. The van der Waals surface area contributed by atoms with Crippen LogP contribution >= 0.6 is 0 Å². The lowest BCUT2D eigenvalue weighted by Crippen LogP contribution is -2.33. The van der Waals surface area contributed by atoms with E-state index in [0.29, 0.717) is 31.6 Å². The first kappa shape index (κ1) is 13.1. The number of hydrogen-bond donors (Lipinski definition) is 2. The highest BCUT2D eigenvalue weighted by molar-refractivity contribution is 5.94. The predicted octanol–water partition coefficient (Wildman–Crippen LogP) is 1.70. The zero-order valence-electron chi connectivity index (χ0n) is 11.1. The molecule has 0 spiro atoms. The Morgan fingerprint density at radius 2 is 2.00 bits per heavy atom. The van der Waals surface area contributed by atoms with Crippen LogP contribution in [0.4, 0.5) is 0 Å². The van der Waals surface area contributed by atoms with Crippen molar-refractivity contribution in [1.82, 2.24) is 5.32 Å². The van der Waals surface area contributed by atoms with Crippen LogP contribution in [0.1, 0.15) is 40.7 Å². The van der Waals surface area contributed by atoms with Gasteiger partial charge >= 0.3 is 5.97 Å². The van der Waals surface area contributed by atoms with Crippen molar-refractivity contribution in [2.75, 3.05) is 0 Å². The summed E-state index contributed by atoms with van der Waals surface area (Å²) in [5, 5.41) is 11.9. The number of amides is 1. The van der Waals surface area contributed by atoms with Crippen LogP contribution in [0.15, 0.2) is 18.2 Å². The minimum atomic E-state index is -0.767. The lowest BCUT2D eigenvalue weighted by Gasteiger charge is -2.13. The van der Waals surface area contributed by atoms with Gasteiger partial charge in [0.15, 0.2) is 0 Å². The first-order chi connectivity index (χ1) is 9.63. The van der Waals surface area contributed by atoms with Crippen LogP contribution in [0.2, 0.25) is 0 Å². The van der Waals surface area contributed by atoms with Gasteiger partial charge in [0.25, 0.3) is 5.91 Å². The molecule has 1 aromatic rings. The second-order valence-corrected chi connectivity index (χ2v) is 5.49. The highest BCUT2D eigenvalue weighted by atomic mass is 16.5. The van der Waals surface area contributed by atoms with Gasteiger partial charge in [-0.25, -0.2) is 0 Å². The van der Waals surface area contributed by atoms with E-state index in [1.54, 1.807) is 6.07 Å². The molecule has 0 unspecified atom stereocenters. The van der Waals surface area contributed by atoms with Crippen LogP contribution in [0.25, 0.3) is 0 Å². The van der Waals surface area contributed by atoms with E-state index in [2.05, 4.69) is 5.32 Å². The Bertz CT molecular complexity index is 555. The first-order valence-electron chi connectivity index (χ1n) is 6.86. The minimum absolute atomic E-state index is 0.0342. The molecule has 0 aromatic heterocycles. The van der Waals surface area contributed by atoms with Gasteiger partial charge < -0.3 is 15.2 Å². The van der Waals surface area contributed by atoms with Gasteiger partial charge in [0.2, 0.25) is 0 Å². The normalized spacial score (nSPS) is 24.4. The van der Waals surface area contributed by atoms with Gasteiger partial charge in [0.05, 0.1) is 19.1 Å². The van der Waals surface area contributed by atoms with Gasteiger partial charge in [-0.2, -0.15) is 0 Å². The summed E-state index contributed by atoms with van der Waals surface area (Å²) in [6.07, 6.45) is 1.89. The number of carboxylic acid groups (broad SMARTS) is 1. The fraction of sp³-hybridized carbons (Fsp3) is 0.467. The molecule has 1 saturated carbocycles. The molecule has 20 heavy (non-hydrogen) atoms. The maximum absolute atomic E-state index is 12.2. The van der Waals surface area contributed by atoms with Crippen LogP contribution < -0.4 is 5.32 Å². The Morgan fingerprint density at radius 3 is 2.75 bits per heavy atom. The van der Waals surface area contributed by atoms with Crippen molar-refractivity contribution >= 4 is 11.9 Å². The van der Waals surface area contributed by atoms with E-state index in [4.69, 9.17) is 9.84 Å². The minimum Gasteiger partial charge on any atom is -0.481 e. The fourth-order valence-electron chi connectivity index (χ4n) is 2.92. The van der Waals surface area contributed by atoms with Crippen LogP contribution in [-0.4, -0.2) is 23.0 Å². The summed E-state index contributed by atoms with van der Waals surface area (Å²) in [7, 11) is 0. The third kappa shape index (κ3) is 2.54. The summed E-state index contributed by atoms with van der Waals surface area (Å²) >= 11 is 0. The molecule has 0 saturated heterocycles. The van der Waals surface area contributed by atoms with Crippen molar-refractivity contribution in [3.05, 3.63) is 34.9 Å². The molecule has 2 aliphatic rings. The second-order valence-electron chi connectivity index (χ2n) is 5.49. The number of carbonyl (C=O) groups is 2. The van der Waals surface area contributed by atoms with Gasteiger partial charge in [-0.1, -0.05) is 6.07 Å². The molecule has 1 aliphatic heterocycles. The average molecular weight is 275 g/mol. The molecule has 106 valence electrons. The number of carbonyl (C=O) groups excluding carboxylic acids is 1. The summed E-state index contributed by atoms with van der Waals surface area (Å²) in [6.45, 7) is 1.17. The van der Waals surface area contributed by atoms with Crippen molar-refractivity contribution in [3.63, 3.8) is 0 Å². The van der Waals surface area contributed by atoms with Crippen LogP contribution in [-0.2, 0) is 22.7 Å². The molecule has 5 nitrogen and oxygen atoms in total. The standard InChI is InChI=1S/C15H17NO4/c17-14(16-13-4-3-10(6-13)15(18)19)9-1-2-11-7-20-8-12(11)5-9/h1-2,5,10,13H,3-4,6-8H2,(H,16,17)(H,18,19)/t10-,13+/m1/s1. The third-order valence-corrected chi connectivity index (χ3v) is 4.10. The molecule has 0 bridgehead atoms. The molecule has 1 aliphatic carbocycles. The number of fused-ring (bicyclic) bond motifs is 1. The SMILES string of the molecule is O=C(N[C@H]1CC[C@@H](C(=O)O)C1)c1ccc2c(c1)COC2. The number of rotatable bonds is 3. The number of ether oxygens (including phenoxy) is 1. The predicted molar refractivity (Wildman–Crippen MR) is 71.2 cm³/mol. The molecule has 0 radical (unpaired) electrons. The van der Waals surface area contributed by atoms with Gasteiger partial charge in [-0.3, -0.25) is 9.59 Å². The quantitative estimate of drug-likeness (QED) is 0.880. The van der Waals surface area contributed by atoms with Crippen molar-refractivity contribution in [2.24, 2.45) is 5.92 Å². The van der Waals surface area contributed by atoms with Crippen molar-refractivity contribution in [3.8, 4) is 0 Å². The van der Waals surface area contributed by atoms with Gasteiger partial charge in [0.1, 0.15) is 0 Å². The van der Waals surface area contributed by atoms with E-state index in [-0.39, 0.29) is 17.9 Å². The van der Waals surface area contributed by atoms with Crippen LogP contribution in [0.5, 0.6) is 0 Å². The largest absolute Gasteiger partial charge is 0.481 e. The number of benzene rings is 1. The molecule has 1 fully saturated rings. The Morgan fingerprint density at radius 1 is 1.20 bits per heavy atom. The fourth-order valence-corrected chi connectivity index (χ4v) is 2.92. The lowest BCUT2D eigenvalue weighted by molar-refractivity contribution is -0.141. The number of carboxylic acids is 1. The van der Waals surface area contributed by atoms with E-state index >= 15 is 0 Å². The Kier molecular flexibility index (Phi) is 3.44. The third-order valence-electron chi connectivity index (χ3n) is 4.10. The molecule has 2 atom stereocenters. The summed E-state index contributed by atoms with van der Waals surface area (Å²) in [5.41, 5.74) is 2.81. The van der Waals surface area contributed by atoms with Crippen molar-refractivity contribution in [1.29, 1.82) is 0 Å². The van der Waals surface area contributed by atoms with E-state index in [1.807, 2.05) is 12.1 Å². The Labute approximate surface area is 116 Å². The highest BCUT2D eigenvalue weighted by Crippen LogP contribution is 2.26.